The molecule has 0 saturated heterocycles. The van der Waals surface area contributed by atoms with Crippen LogP contribution in [-0.2, 0) is 5.75 Å². The van der Waals surface area contributed by atoms with Gasteiger partial charge in [-0.25, -0.2) is 9.97 Å². The van der Waals surface area contributed by atoms with E-state index in [1.165, 1.54) is 11.8 Å². The van der Waals surface area contributed by atoms with E-state index in [1.807, 2.05) is 24.3 Å². The van der Waals surface area contributed by atoms with Crippen molar-refractivity contribution in [3.63, 3.8) is 0 Å². The molecule has 0 bridgehead atoms. The van der Waals surface area contributed by atoms with Crippen molar-refractivity contribution in [2.24, 2.45) is 0 Å². The fourth-order valence-electron chi connectivity index (χ4n) is 2.79. The monoisotopic (exact) mass is 420 g/mol. The highest BCUT2D eigenvalue weighted by atomic mass is 35.5. The Labute approximate surface area is 177 Å². The lowest BCUT2D eigenvalue weighted by molar-refractivity contribution is 0.0953. The van der Waals surface area contributed by atoms with Gasteiger partial charge in [0, 0.05) is 37.0 Å². The second kappa shape index (κ2) is 11.9. The predicted molar refractivity (Wildman–Crippen MR) is 118 cm³/mol. The minimum atomic E-state index is -0.0224. The molecule has 1 amide bonds. The number of halogens is 1. The van der Waals surface area contributed by atoms with E-state index >= 15 is 0 Å². The molecule has 0 fully saturated rings. The summed E-state index contributed by atoms with van der Waals surface area (Å²) in [6.07, 6.45) is 3.29. The highest BCUT2D eigenvalue weighted by Crippen LogP contribution is 2.25. The molecule has 28 heavy (non-hydrogen) atoms. The van der Waals surface area contributed by atoms with Crippen LogP contribution in [-0.4, -0.2) is 35.5 Å². The van der Waals surface area contributed by atoms with Gasteiger partial charge in [-0.1, -0.05) is 55.3 Å². The lowest BCUT2D eigenvalue weighted by Crippen LogP contribution is -2.24. The van der Waals surface area contributed by atoms with Gasteiger partial charge in [0.25, 0.3) is 5.91 Å². The number of thioether (sulfide) groups is 1. The Hall–Kier alpha value is -1.79. The van der Waals surface area contributed by atoms with Crippen LogP contribution in [0.5, 0.6) is 0 Å². The summed E-state index contributed by atoms with van der Waals surface area (Å²) in [5, 5.41) is 4.07. The average molecular weight is 421 g/mol. The second-order valence-corrected chi connectivity index (χ2v) is 7.79. The van der Waals surface area contributed by atoms with Gasteiger partial charge in [0.2, 0.25) is 0 Å². The maximum Gasteiger partial charge on any atom is 0.251 e. The second-order valence-electron chi connectivity index (χ2n) is 6.46. The highest BCUT2D eigenvalue weighted by molar-refractivity contribution is 7.98. The van der Waals surface area contributed by atoms with E-state index in [2.05, 4.69) is 41.0 Å². The van der Waals surface area contributed by atoms with E-state index in [-0.39, 0.29) is 5.91 Å². The molecule has 152 valence electrons. The van der Waals surface area contributed by atoms with Crippen LogP contribution in [0, 0.1) is 0 Å². The molecular formula is C21H29ClN4OS. The summed E-state index contributed by atoms with van der Waals surface area (Å²) >= 11 is 7.70. The SMILES string of the molecule is CCCCCNC(=O)c1cccc(CSc2nc(Cl)cc(N(CC)CC)n2)c1. The van der Waals surface area contributed by atoms with E-state index in [9.17, 15) is 4.79 Å². The molecule has 2 aromatic rings. The molecule has 0 saturated carbocycles. The molecule has 5 nitrogen and oxygen atoms in total. The van der Waals surface area contributed by atoms with Gasteiger partial charge in [-0.3, -0.25) is 4.79 Å². The first kappa shape index (κ1) is 22.5. The van der Waals surface area contributed by atoms with Gasteiger partial charge in [0.15, 0.2) is 5.16 Å². The Kier molecular flexibility index (Phi) is 9.58. The number of nitrogens with zero attached hydrogens (tertiary/aromatic N) is 3. The molecule has 0 spiro atoms. The van der Waals surface area contributed by atoms with E-state index < -0.39 is 0 Å². The maximum absolute atomic E-state index is 12.3. The van der Waals surface area contributed by atoms with Crippen LogP contribution < -0.4 is 10.2 Å². The van der Waals surface area contributed by atoms with Crippen molar-refractivity contribution in [3.05, 3.63) is 46.6 Å². The van der Waals surface area contributed by atoms with E-state index in [0.29, 0.717) is 21.6 Å². The molecule has 7 heteroatoms. The third kappa shape index (κ3) is 6.99. The Balaban J connectivity index is 2.00. The summed E-state index contributed by atoms with van der Waals surface area (Å²) in [4.78, 5) is 23.4. The number of carbonyl (C=O) groups excluding carboxylic acids is 1. The average Bonchev–Trinajstić information content (AvgIpc) is 2.70. The van der Waals surface area contributed by atoms with Gasteiger partial charge in [-0.05, 0) is 38.0 Å². The molecule has 2 rings (SSSR count). The number of unbranched alkanes of at least 4 members (excludes halogenated alkanes) is 2. The minimum Gasteiger partial charge on any atom is -0.357 e. The van der Waals surface area contributed by atoms with Crippen LogP contribution in [0.1, 0.15) is 56.0 Å². The number of rotatable bonds is 11. The third-order valence-corrected chi connectivity index (χ3v) is 5.48. The quantitative estimate of drug-likeness (QED) is 0.234. The Bertz CT molecular complexity index is 768. The third-order valence-electron chi connectivity index (χ3n) is 4.37. The first-order chi connectivity index (χ1) is 13.6. The van der Waals surface area contributed by atoms with Crippen LogP contribution in [0.15, 0.2) is 35.5 Å². The fourth-order valence-corrected chi connectivity index (χ4v) is 3.81. The van der Waals surface area contributed by atoms with Crippen LogP contribution >= 0.6 is 23.4 Å². The molecule has 1 N–H and O–H groups in total. The smallest absolute Gasteiger partial charge is 0.251 e. The number of amides is 1. The summed E-state index contributed by atoms with van der Waals surface area (Å²) in [7, 11) is 0. The lowest BCUT2D eigenvalue weighted by atomic mass is 10.1. The normalized spacial score (nSPS) is 10.7. The maximum atomic E-state index is 12.3. The van der Waals surface area contributed by atoms with Gasteiger partial charge in [0.05, 0.1) is 0 Å². The van der Waals surface area contributed by atoms with E-state index in [1.54, 1.807) is 6.07 Å². The van der Waals surface area contributed by atoms with Crippen LogP contribution in [0.4, 0.5) is 5.82 Å². The van der Waals surface area contributed by atoms with Crippen LogP contribution in [0.25, 0.3) is 0 Å². The predicted octanol–water partition coefficient (Wildman–Crippen LogP) is 5.19. The van der Waals surface area contributed by atoms with Crippen molar-refractivity contribution in [1.82, 2.24) is 15.3 Å². The van der Waals surface area contributed by atoms with Crippen LogP contribution in [0.2, 0.25) is 5.15 Å². The molecule has 0 aliphatic heterocycles. The zero-order valence-corrected chi connectivity index (χ0v) is 18.4. The molecule has 1 aromatic carbocycles. The van der Waals surface area contributed by atoms with E-state index in [0.717, 1.165) is 50.3 Å². The molecule has 0 atom stereocenters. The molecule has 0 radical (unpaired) electrons. The number of anilines is 1. The standard InChI is InChI=1S/C21H29ClN4OS/c1-4-7-8-12-23-20(27)17-11-9-10-16(13-17)15-28-21-24-18(22)14-19(25-21)26(5-2)6-3/h9-11,13-14H,4-8,12,15H2,1-3H3,(H,23,27). The van der Waals surface area contributed by atoms with Crippen LogP contribution in [0.3, 0.4) is 0 Å². The van der Waals surface area contributed by atoms with Gasteiger partial charge >= 0.3 is 0 Å². The largest absolute Gasteiger partial charge is 0.357 e. The number of aromatic nitrogens is 2. The molecule has 0 unspecified atom stereocenters. The number of benzene rings is 1. The molecule has 0 aliphatic carbocycles. The minimum absolute atomic E-state index is 0.0224. The van der Waals surface area contributed by atoms with Crippen molar-refractivity contribution in [1.29, 1.82) is 0 Å². The van der Waals surface area contributed by atoms with Crippen molar-refractivity contribution in [3.8, 4) is 0 Å². The van der Waals surface area contributed by atoms with Crippen molar-refractivity contribution in [2.75, 3.05) is 24.5 Å². The Morgan fingerprint density at radius 2 is 1.93 bits per heavy atom. The summed E-state index contributed by atoms with van der Waals surface area (Å²) in [6.45, 7) is 8.77. The molecule has 0 aliphatic rings. The number of hydrogen-bond acceptors (Lipinski definition) is 5. The van der Waals surface area contributed by atoms with Gasteiger partial charge in [-0.2, -0.15) is 0 Å². The summed E-state index contributed by atoms with van der Waals surface area (Å²) in [5.41, 5.74) is 1.74. The molecular weight excluding hydrogens is 392 g/mol. The fraction of sp³-hybridized carbons (Fsp3) is 0.476. The van der Waals surface area contributed by atoms with Gasteiger partial charge in [0.1, 0.15) is 11.0 Å². The summed E-state index contributed by atoms with van der Waals surface area (Å²) in [5.74, 6) is 1.49. The molecule has 1 heterocycles. The topological polar surface area (TPSA) is 58.1 Å². The van der Waals surface area contributed by atoms with Crippen molar-refractivity contribution in [2.45, 2.75) is 50.9 Å². The van der Waals surface area contributed by atoms with Gasteiger partial charge < -0.3 is 10.2 Å². The summed E-state index contributed by atoms with van der Waals surface area (Å²) in [6, 6.07) is 9.49. The van der Waals surface area contributed by atoms with Gasteiger partial charge in [-0.15, -0.1) is 0 Å². The van der Waals surface area contributed by atoms with Crippen molar-refractivity contribution >= 4 is 35.1 Å². The molecule has 1 aromatic heterocycles. The first-order valence-corrected chi connectivity index (χ1v) is 11.2. The lowest BCUT2D eigenvalue weighted by Gasteiger charge is -2.20. The van der Waals surface area contributed by atoms with Crippen molar-refractivity contribution < 1.29 is 4.79 Å². The number of carbonyl (C=O) groups is 1. The number of nitrogens with one attached hydrogen (secondary N) is 1. The first-order valence-electron chi connectivity index (χ1n) is 9.86. The Morgan fingerprint density at radius 1 is 1.14 bits per heavy atom. The van der Waals surface area contributed by atoms with E-state index in [4.69, 9.17) is 11.6 Å². The number of hydrogen-bond donors (Lipinski definition) is 1. The zero-order valence-electron chi connectivity index (χ0n) is 16.9. The highest BCUT2D eigenvalue weighted by Gasteiger charge is 2.10. The zero-order chi connectivity index (χ0) is 20.4. The summed E-state index contributed by atoms with van der Waals surface area (Å²) < 4.78 is 0. The Morgan fingerprint density at radius 3 is 2.64 bits per heavy atom.